The van der Waals surface area contributed by atoms with E-state index in [1.807, 2.05) is 0 Å². The second kappa shape index (κ2) is 2.59. The lowest BCUT2D eigenvalue weighted by molar-refractivity contribution is 1.01. The van der Waals surface area contributed by atoms with Gasteiger partial charge in [0, 0.05) is 6.42 Å². The molecule has 0 bridgehead atoms. The first-order chi connectivity index (χ1) is 6.43. The van der Waals surface area contributed by atoms with E-state index in [-0.39, 0.29) is 0 Å². The summed E-state index contributed by atoms with van der Waals surface area (Å²) < 4.78 is 0. The van der Waals surface area contributed by atoms with Gasteiger partial charge in [0.25, 0.3) is 0 Å². The van der Waals surface area contributed by atoms with Crippen molar-refractivity contribution in [2.75, 3.05) is 0 Å². The van der Waals surface area contributed by atoms with Crippen molar-refractivity contribution in [2.45, 2.75) is 12.8 Å². The van der Waals surface area contributed by atoms with Gasteiger partial charge in [-0.3, -0.25) is 0 Å². The summed E-state index contributed by atoms with van der Waals surface area (Å²) in [7, 11) is 0. The maximum Gasteiger partial charge on any atom is 0.00899 e. The quantitative estimate of drug-likeness (QED) is 0.557. The molecule has 0 saturated carbocycles. The van der Waals surface area contributed by atoms with Crippen LogP contribution in [0.4, 0.5) is 0 Å². The summed E-state index contributed by atoms with van der Waals surface area (Å²) in [6.07, 6.45) is 8.89. The van der Waals surface area contributed by atoms with Gasteiger partial charge < -0.3 is 0 Å². The van der Waals surface area contributed by atoms with E-state index < -0.39 is 0 Å². The summed E-state index contributed by atoms with van der Waals surface area (Å²) in [6.45, 7) is 0. The van der Waals surface area contributed by atoms with Crippen molar-refractivity contribution in [2.24, 2.45) is 0 Å². The molecule has 0 saturated heterocycles. The van der Waals surface area contributed by atoms with E-state index >= 15 is 0 Å². The Labute approximate surface area is 78.6 Å². The Morgan fingerprint density at radius 1 is 0.846 bits per heavy atom. The zero-order chi connectivity index (χ0) is 8.67. The van der Waals surface area contributed by atoms with E-state index in [0.717, 1.165) is 12.8 Å². The van der Waals surface area contributed by atoms with Crippen molar-refractivity contribution in [1.82, 2.24) is 0 Å². The normalized spacial score (nSPS) is 18.8. The van der Waals surface area contributed by atoms with Crippen LogP contribution in [-0.4, -0.2) is 0 Å². The first-order valence-electron chi connectivity index (χ1n) is 4.74. The molecule has 2 aliphatic rings. The van der Waals surface area contributed by atoms with Gasteiger partial charge in [0.2, 0.25) is 0 Å². The van der Waals surface area contributed by atoms with Gasteiger partial charge in [0.15, 0.2) is 0 Å². The summed E-state index contributed by atoms with van der Waals surface area (Å²) in [5.41, 5.74) is 6.03. The second-order valence-electron chi connectivity index (χ2n) is 3.70. The SMILES string of the molecule is [CH]1C=CC2=C1Cc1ccccc1C2. The third-order valence-corrected chi connectivity index (χ3v) is 2.89. The summed E-state index contributed by atoms with van der Waals surface area (Å²) in [5.74, 6) is 0. The van der Waals surface area contributed by atoms with Crippen molar-refractivity contribution in [1.29, 1.82) is 0 Å². The number of benzene rings is 1. The van der Waals surface area contributed by atoms with Gasteiger partial charge in [-0.1, -0.05) is 42.0 Å². The predicted octanol–water partition coefficient (Wildman–Crippen LogP) is 2.86. The van der Waals surface area contributed by atoms with E-state index in [2.05, 4.69) is 42.8 Å². The molecule has 1 radical (unpaired) electrons. The summed E-state index contributed by atoms with van der Waals surface area (Å²) in [5, 5.41) is 0. The summed E-state index contributed by atoms with van der Waals surface area (Å²) in [6, 6.07) is 8.75. The van der Waals surface area contributed by atoms with Gasteiger partial charge >= 0.3 is 0 Å². The highest BCUT2D eigenvalue weighted by Crippen LogP contribution is 2.31. The fourth-order valence-electron chi connectivity index (χ4n) is 2.15. The van der Waals surface area contributed by atoms with E-state index in [0.29, 0.717) is 0 Å². The molecule has 0 aromatic heterocycles. The van der Waals surface area contributed by atoms with Crippen LogP contribution in [0.3, 0.4) is 0 Å². The topological polar surface area (TPSA) is 0 Å². The molecule has 3 rings (SSSR count). The molecule has 0 amide bonds. The number of hydrogen-bond donors (Lipinski definition) is 0. The van der Waals surface area contributed by atoms with Crippen molar-refractivity contribution in [3.05, 3.63) is 65.1 Å². The van der Waals surface area contributed by atoms with E-state index in [4.69, 9.17) is 0 Å². The molecule has 0 aliphatic heterocycles. The van der Waals surface area contributed by atoms with Gasteiger partial charge in [-0.2, -0.15) is 0 Å². The Hall–Kier alpha value is -1.30. The zero-order valence-electron chi connectivity index (χ0n) is 7.46. The average molecular weight is 167 g/mol. The molecule has 0 heterocycles. The fourth-order valence-corrected chi connectivity index (χ4v) is 2.15. The minimum absolute atomic E-state index is 1.12. The van der Waals surface area contributed by atoms with Gasteiger partial charge in [0.1, 0.15) is 0 Å². The molecular weight excluding hydrogens is 156 g/mol. The van der Waals surface area contributed by atoms with Crippen LogP contribution in [0.15, 0.2) is 47.6 Å². The van der Waals surface area contributed by atoms with Gasteiger partial charge in [-0.05, 0) is 29.5 Å². The number of hydrogen-bond acceptors (Lipinski definition) is 0. The van der Waals surface area contributed by atoms with E-state index in [9.17, 15) is 0 Å². The standard InChI is InChI=1S/C13H11/c1-2-5-11-9-13-7-3-6-12(13)8-10(11)4-1/h1-7H,8-9H2. The molecule has 0 atom stereocenters. The lowest BCUT2D eigenvalue weighted by Crippen LogP contribution is -2.05. The fraction of sp³-hybridized carbons (Fsp3) is 0.154. The maximum absolute atomic E-state index is 2.24. The van der Waals surface area contributed by atoms with E-state index in [1.165, 1.54) is 22.3 Å². The maximum atomic E-state index is 2.24. The van der Waals surface area contributed by atoms with Crippen molar-refractivity contribution >= 4 is 0 Å². The molecule has 0 fully saturated rings. The molecule has 63 valence electrons. The summed E-state index contributed by atoms with van der Waals surface area (Å²) in [4.78, 5) is 0. The van der Waals surface area contributed by atoms with Crippen molar-refractivity contribution < 1.29 is 0 Å². The van der Waals surface area contributed by atoms with Crippen LogP contribution in [0.5, 0.6) is 0 Å². The average Bonchev–Trinajstić information content (AvgIpc) is 2.61. The molecule has 2 aliphatic carbocycles. The third-order valence-electron chi connectivity index (χ3n) is 2.89. The lowest BCUT2D eigenvalue weighted by Gasteiger charge is -2.17. The molecule has 0 heteroatoms. The lowest BCUT2D eigenvalue weighted by atomic mass is 9.87. The first kappa shape index (κ1) is 7.14. The molecule has 0 spiro atoms. The van der Waals surface area contributed by atoms with Gasteiger partial charge in [-0.25, -0.2) is 0 Å². The Morgan fingerprint density at radius 3 is 2.31 bits per heavy atom. The van der Waals surface area contributed by atoms with Crippen molar-refractivity contribution in [3.8, 4) is 0 Å². The van der Waals surface area contributed by atoms with Crippen LogP contribution in [0, 0.1) is 6.42 Å². The van der Waals surface area contributed by atoms with Crippen LogP contribution in [0.25, 0.3) is 0 Å². The highest BCUT2D eigenvalue weighted by Gasteiger charge is 2.17. The largest absolute Gasteiger partial charge is 0.0761 e. The minimum atomic E-state index is 1.12. The predicted molar refractivity (Wildman–Crippen MR) is 54.3 cm³/mol. The Balaban J connectivity index is 2.07. The smallest absolute Gasteiger partial charge is 0.00899 e. The molecule has 1 aromatic rings. The summed E-state index contributed by atoms with van der Waals surface area (Å²) >= 11 is 0. The molecule has 1 aromatic carbocycles. The van der Waals surface area contributed by atoms with Crippen LogP contribution in [0.1, 0.15) is 11.1 Å². The van der Waals surface area contributed by atoms with E-state index in [1.54, 1.807) is 0 Å². The highest BCUT2D eigenvalue weighted by atomic mass is 14.2. The van der Waals surface area contributed by atoms with Crippen LogP contribution < -0.4 is 0 Å². The molecule has 13 heavy (non-hydrogen) atoms. The third kappa shape index (κ3) is 1.06. The van der Waals surface area contributed by atoms with Crippen LogP contribution in [-0.2, 0) is 12.8 Å². The second-order valence-corrected chi connectivity index (χ2v) is 3.70. The first-order valence-corrected chi connectivity index (χ1v) is 4.74. The van der Waals surface area contributed by atoms with Crippen LogP contribution in [0.2, 0.25) is 0 Å². The Kier molecular flexibility index (Phi) is 1.42. The monoisotopic (exact) mass is 167 g/mol. The highest BCUT2D eigenvalue weighted by molar-refractivity contribution is 5.52. The van der Waals surface area contributed by atoms with Gasteiger partial charge in [0.05, 0.1) is 0 Å². The molecule has 0 nitrogen and oxygen atoms in total. The van der Waals surface area contributed by atoms with Gasteiger partial charge in [-0.15, -0.1) is 0 Å². The Morgan fingerprint density at radius 2 is 1.54 bits per heavy atom. The molecule has 0 N–H and O–H groups in total. The Bertz CT molecular complexity index is 408. The number of fused-ring (bicyclic) bond motifs is 1. The minimum Gasteiger partial charge on any atom is -0.0761 e. The zero-order valence-corrected chi connectivity index (χ0v) is 7.46. The number of rotatable bonds is 0. The molecule has 0 unspecified atom stereocenters. The van der Waals surface area contributed by atoms with Crippen LogP contribution >= 0.6 is 0 Å². The molecular formula is C13H11. The number of allylic oxidation sites excluding steroid dienone is 4. The van der Waals surface area contributed by atoms with Crippen molar-refractivity contribution in [3.63, 3.8) is 0 Å².